The van der Waals surface area contributed by atoms with E-state index in [1.165, 1.54) is 0 Å². The molecule has 0 aliphatic carbocycles. The number of aryl methyl sites for hydroxylation is 4. The molecule has 3 rings (SSSR count). The van der Waals surface area contributed by atoms with E-state index < -0.39 is 5.97 Å². The van der Waals surface area contributed by atoms with Crippen LogP contribution in [-0.4, -0.2) is 37.9 Å². The van der Waals surface area contributed by atoms with Crippen LogP contribution < -0.4 is 0 Å². The van der Waals surface area contributed by atoms with Crippen LogP contribution in [0.2, 0.25) is 0 Å². The van der Waals surface area contributed by atoms with Crippen molar-refractivity contribution in [2.24, 2.45) is 7.05 Å². The molecule has 0 aliphatic heterocycles. The number of hydrogen-bond acceptors (Lipinski definition) is 6. The summed E-state index contributed by atoms with van der Waals surface area (Å²) >= 11 is 0. The Morgan fingerprint density at radius 2 is 1.83 bits per heavy atom. The Bertz CT molecular complexity index is 1070. The molecular weight excluding hydrogens is 372 g/mol. The van der Waals surface area contributed by atoms with Crippen molar-refractivity contribution in [3.8, 4) is 5.82 Å². The van der Waals surface area contributed by atoms with Gasteiger partial charge in [-0.05, 0) is 52.7 Å². The Morgan fingerprint density at radius 1 is 1.10 bits per heavy atom. The second-order valence-electron chi connectivity index (χ2n) is 7.27. The molecule has 29 heavy (non-hydrogen) atoms. The van der Waals surface area contributed by atoms with Gasteiger partial charge in [-0.2, -0.15) is 5.10 Å². The number of hydrogen-bond donors (Lipinski definition) is 0. The molecule has 0 radical (unpaired) electrons. The molecule has 8 heteroatoms. The summed E-state index contributed by atoms with van der Waals surface area (Å²) in [6.07, 6.45) is 0.746. The van der Waals surface area contributed by atoms with Gasteiger partial charge in [0.25, 0.3) is 0 Å². The number of carbonyl (C=O) groups is 2. The van der Waals surface area contributed by atoms with E-state index in [0.717, 1.165) is 28.3 Å². The third-order valence-corrected chi connectivity index (χ3v) is 5.18. The zero-order valence-corrected chi connectivity index (χ0v) is 17.7. The molecule has 3 heterocycles. The van der Waals surface area contributed by atoms with E-state index in [4.69, 9.17) is 9.26 Å². The smallest absolute Gasteiger partial charge is 0.306 e. The fourth-order valence-corrected chi connectivity index (χ4v) is 3.56. The number of Topliss-reactive ketones (excluding diaryl/α,β-unsaturated/α-hetero) is 1. The lowest BCUT2D eigenvalue weighted by atomic mass is 10.1. The number of aromatic nitrogens is 4. The zero-order valence-electron chi connectivity index (χ0n) is 17.7. The van der Waals surface area contributed by atoms with E-state index in [-0.39, 0.29) is 18.8 Å². The minimum Gasteiger partial charge on any atom is -0.457 e. The van der Waals surface area contributed by atoms with Gasteiger partial charge in [0, 0.05) is 42.2 Å². The molecule has 154 valence electrons. The van der Waals surface area contributed by atoms with Gasteiger partial charge >= 0.3 is 5.97 Å². The average Bonchev–Trinajstić information content (AvgIpc) is 3.28. The minimum absolute atomic E-state index is 0.206. The summed E-state index contributed by atoms with van der Waals surface area (Å²) in [5.74, 6) is 0.665. The molecule has 0 fully saturated rings. The van der Waals surface area contributed by atoms with E-state index >= 15 is 0 Å². The van der Waals surface area contributed by atoms with E-state index in [0.29, 0.717) is 23.6 Å². The highest BCUT2D eigenvalue weighted by atomic mass is 16.5. The number of rotatable bonds is 7. The molecule has 0 saturated carbocycles. The first kappa shape index (κ1) is 20.6. The van der Waals surface area contributed by atoms with Gasteiger partial charge < -0.3 is 9.26 Å². The van der Waals surface area contributed by atoms with Crippen LogP contribution in [0.1, 0.15) is 50.9 Å². The SMILES string of the molecule is Cc1cc(-n2c(C)cc(C(=O)COC(=O)CCc3c(C)nn(C)c3C)c2C)no1. The van der Waals surface area contributed by atoms with Crippen LogP contribution in [0.25, 0.3) is 5.82 Å². The highest BCUT2D eigenvalue weighted by molar-refractivity contribution is 5.99. The molecule has 0 atom stereocenters. The van der Waals surface area contributed by atoms with Gasteiger partial charge in [-0.15, -0.1) is 0 Å². The molecule has 0 saturated heterocycles. The summed E-state index contributed by atoms with van der Waals surface area (Å²) < 4.78 is 14.0. The largest absolute Gasteiger partial charge is 0.457 e. The van der Waals surface area contributed by atoms with Crippen LogP contribution >= 0.6 is 0 Å². The standard InChI is InChI=1S/C21H26N4O4/c1-12-9-18(16(5)25(12)20-10-13(2)29-23-20)19(26)11-28-21(27)8-7-17-14(3)22-24(6)15(17)4/h9-10H,7-8,11H2,1-6H3. The van der Waals surface area contributed by atoms with Crippen molar-refractivity contribution in [2.45, 2.75) is 47.5 Å². The maximum absolute atomic E-state index is 12.6. The Balaban J connectivity index is 1.61. The van der Waals surface area contributed by atoms with E-state index in [2.05, 4.69) is 10.3 Å². The molecule has 8 nitrogen and oxygen atoms in total. The third-order valence-electron chi connectivity index (χ3n) is 5.18. The van der Waals surface area contributed by atoms with Crippen LogP contribution in [0.5, 0.6) is 0 Å². The van der Waals surface area contributed by atoms with Gasteiger partial charge in [0.15, 0.2) is 12.4 Å². The molecule has 3 aromatic heterocycles. The van der Waals surface area contributed by atoms with Crippen LogP contribution in [0.4, 0.5) is 0 Å². The molecule has 0 aromatic carbocycles. The molecule has 0 aliphatic rings. The zero-order chi connectivity index (χ0) is 21.3. The van der Waals surface area contributed by atoms with Gasteiger partial charge in [-0.1, -0.05) is 5.16 Å². The maximum Gasteiger partial charge on any atom is 0.306 e. The fraction of sp³-hybridized carbons (Fsp3) is 0.429. The van der Waals surface area contributed by atoms with Gasteiger partial charge in [0.2, 0.25) is 5.78 Å². The van der Waals surface area contributed by atoms with E-state index in [9.17, 15) is 9.59 Å². The average molecular weight is 398 g/mol. The second kappa shape index (κ2) is 8.06. The van der Waals surface area contributed by atoms with E-state index in [1.54, 1.807) is 16.8 Å². The summed E-state index contributed by atoms with van der Waals surface area (Å²) in [5.41, 5.74) is 5.08. The number of ether oxygens (including phenoxy) is 1. The summed E-state index contributed by atoms with van der Waals surface area (Å²) in [5, 5.41) is 8.35. The lowest BCUT2D eigenvalue weighted by molar-refractivity contribution is -0.142. The van der Waals surface area contributed by atoms with Gasteiger partial charge in [-0.3, -0.25) is 18.8 Å². The first-order valence-electron chi connectivity index (χ1n) is 9.49. The van der Waals surface area contributed by atoms with Crippen LogP contribution in [0.3, 0.4) is 0 Å². The summed E-state index contributed by atoms with van der Waals surface area (Å²) in [6, 6.07) is 3.58. The van der Waals surface area contributed by atoms with Crippen molar-refractivity contribution < 1.29 is 18.8 Å². The maximum atomic E-state index is 12.6. The normalized spacial score (nSPS) is 11.1. The minimum atomic E-state index is -0.401. The van der Waals surface area contributed by atoms with Crippen molar-refractivity contribution in [1.29, 1.82) is 0 Å². The molecule has 0 bridgehead atoms. The topological polar surface area (TPSA) is 92.2 Å². The molecule has 0 spiro atoms. The Hall–Kier alpha value is -3.16. The Labute approximate surface area is 169 Å². The number of carbonyl (C=O) groups excluding carboxylic acids is 2. The summed E-state index contributed by atoms with van der Waals surface area (Å²) in [6.45, 7) is 9.13. The van der Waals surface area contributed by atoms with Crippen molar-refractivity contribution in [3.05, 3.63) is 51.8 Å². The van der Waals surface area contributed by atoms with Gasteiger partial charge in [0.05, 0.1) is 5.69 Å². The monoisotopic (exact) mass is 398 g/mol. The Kier molecular flexibility index (Phi) is 5.72. The lowest BCUT2D eigenvalue weighted by Crippen LogP contribution is -2.15. The molecular formula is C21H26N4O4. The third kappa shape index (κ3) is 4.16. The van der Waals surface area contributed by atoms with Crippen molar-refractivity contribution in [1.82, 2.24) is 19.5 Å². The highest BCUT2D eigenvalue weighted by Gasteiger charge is 2.20. The van der Waals surface area contributed by atoms with Gasteiger partial charge in [-0.25, -0.2) is 0 Å². The summed E-state index contributed by atoms with van der Waals surface area (Å²) in [4.78, 5) is 24.7. The second-order valence-corrected chi connectivity index (χ2v) is 7.27. The predicted octanol–water partition coefficient (Wildman–Crippen LogP) is 3.10. The first-order chi connectivity index (χ1) is 13.7. The number of ketones is 1. The Morgan fingerprint density at radius 3 is 2.41 bits per heavy atom. The quantitative estimate of drug-likeness (QED) is 0.449. The van der Waals surface area contributed by atoms with E-state index in [1.807, 2.05) is 46.2 Å². The lowest BCUT2D eigenvalue weighted by Gasteiger charge is -2.06. The molecule has 0 unspecified atom stereocenters. The van der Waals surface area contributed by atoms with Gasteiger partial charge in [0.1, 0.15) is 5.76 Å². The van der Waals surface area contributed by atoms with Crippen molar-refractivity contribution in [3.63, 3.8) is 0 Å². The van der Waals surface area contributed by atoms with Crippen LogP contribution in [-0.2, 0) is 23.0 Å². The van der Waals surface area contributed by atoms with Crippen LogP contribution in [0.15, 0.2) is 16.7 Å². The van der Waals surface area contributed by atoms with Crippen LogP contribution in [0, 0.1) is 34.6 Å². The first-order valence-corrected chi connectivity index (χ1v) is 9.49. The molecule has 3 aromatic rings. The molecule has 0 N–H and O–H groups in total. The summed E-state index contributed by atoms with van der Waals surface area (Å²) in [7, 11) is 1.87. The molecule has 0 amide bonds. The number of esters is 1. The highest BCUT2D eigenvalue weighted by Crippen LogP contribution is 2.21. The van der Waals surface area contributed by atoms with Crippen molar-refractivity contribution >= 4 is 11.8 Å². The fourth-order valence-electron chi connectivity index (χ4n) is 3.56. The number of nitrogens with zero attached hydrogens (tertiary/aromatic N) is 4. The van der Waals surface area contributed by atoms with Crippen molar-refractivity contribution in [2.75, 3.05) is 6.61 Å². The predicted molar refractivity (Wildman–Crippen MR) is 106 cm³/mol.